The lowest BCUT2D eigenvalue weighted by atomic mass is 10.2. The van der Waals surface area contributed by atoms with Crippen LogP contribution in [0.2, 0.25) is 0 Å². The average Bonchev–Trinajstić information content (AvgIpc) is 2.28. The summed E-state index contributed by atoms with van der Waals surface area (Å²) in [4.78, 5) is 28.9. The third-order valence-electron chi connectivity index (χ3n) is 2.05. The highest BCUT2D eigenvalue weighted by atomic mass is 16.5. The third-order valence-corrected chi connectivity index (χ3v) is 2.05. The van der Waals surface area contributed by atoms with Gasteiger partial charge < -0.3 is 9.72 Å². The minimum Gasteiger partial charge on any atom is -0.464 e. The number of hydrogen-bond donors (Lipinski definition) is 1. The quantitative estimate of drug-likeness (QED) is 0.694. The zero-order chi connectivity index (χ0) is 10.8. The van der Waals surface area contributed by atoms with E-state index < -0.39 is 5.97 Å². The van der Waals surface area contributed by atoms with Gasteiger partial charge in [-0.3, -0.25) is 4.79 Å². The summed E-state index contributed by atoms with van der Waals surface area (Å²) in [5.74, 6) is -0.516. The second kappa shape index (κ2) is 3.53. The van der Waals surface area contributed by atoms with E-state index in [1.807, 2.05) is 0 Å². The SMILES string of the molecule is COC(=O)c1cc2cc[nH]c(=O)c2cn1. The summed E-state index contributed by atoms with van der Waals surface area (Å²) in [6, 6.07) is 3.22. The van der Waals surface area contributed by atoms with Gasteiger partial charge in [0, 0.05) is 12.4 Å². The first-order valence-electron chi connectivity index (χ1n) is 4.28. The maximum absolute atomic E-state index is 11.3. The van der Waals surface area contributed by atoms with Crippen LogP contribution in [0.25, 0.3) is 10.8 Å². The first-order valence-corrected chi connectivity index (χ1v) is 4.28. The number of nitrogens with one attached hydrogen (secondary N) is 1. The molecule has 2 heterocycles. The van der Waals surface area contributed by atoms with Gasteiger partial charge in [0.15, 0.2) is 0 Å². The first kappa shape index (κ1) is 9.39. The molecular formula is C10H8N2O3. The van der Waals surface area contributed by atoms with Crippen molar-refractivity contribution in [3.8, 4) is 0 Å². The minimum absolute atomic E-state index is 0.190. The lowest BCUT2D eigenvalue weighted by molar-refractivity contribution is 0.0594. The normalized spacial score (nSPS) is 10.2. The molecule has 76 valence electrons. The van der Waals surface area contributed by atoms with Crippen LogP contribution in [0.1, 0.15) is 10.5 Å². The largest absolute Gasteiger partial charge is 0.464 e. The van der Waals surface area contributed by atoms with Gasteiger partial charge in [-0.05, 0) is 17.5 Å². The second-order valence-corrected chi connectivity index (χ2v) is 2.96. The van der Waals surface area contributed by atoms with Crippen molar-refractivity contribution in [2.45, 2.75) is 0 Å². The monoisotopic (exact) mass is 204 g/mol. The van der Waals surface area contributed by atoms with Crippen LogP contribution < -0.4 is 5.56 Å². The number of ether oxygens (including phenoxy) is 1. The summed E-state index contributed by atoms with van der Waals surface area (Å²) in [5, 5.41) is 1.11. The van der Waals surface area contributed by atoms with Gasteiger partial charge in [-0.15, -0.1) is 0 Å². The number of nitrogens with zero attached hydrogens (tertiary/aromatic N) is 1. The Morgan fingerprint density at radius 2 is 2.33 bits per heavy atom. The van der Waals surface area contributed by atoms with Gasteiger partial charge >= 0.3 is 5.97 Å². The van der Waals surface area contributed by atoms with Crippen LogP contribution in [0.15, 0.2) is 29.3 Å². The van der Waals surface area contributed by atoms with Crippen molar-refractivity contribution in [1.82, 2.24) is 9.97 Å². The Morgan fingerprint density at radius 1 is 1.53 bits per heavy atom. The van der Waals surface area contributed by atoms with Crippen molar-refractivity contribution in [2.75, 3.05) is 7.11 Å². The number of carbonyl (C=O) groups is 1. The molecule has 0 bridgehead atoms. The zero-order valence-corrected chi connectivity index (χ0v) is 7.98. The van der Waals surface area contributed by atoms with Crippen molar-refractivity contribution in [3.63, 3.8) is 0 Å². The van der Waals surface area contributed by atoms with Crippen molar-refractivity contribution in [1.29, 1.82) is 0 Å². The number of fused-ring (bicyclic) bond motifs is 1. The number of aromatic amines is 1. The maximum atomic E-state index is 11.3. The smallest absolute Gasteiger partial charge is 0.356 e. The summed E-state index contributed by atoms with van der Waals surface area (Å²) in [7, 11) is 1.28. The van der Waals surface area contributed by atoms with E-state index in [0.29, 0.717) is 10.8 Å². The van der Waals surface area contributed by atoms with E-state index in [0.717, 1.165) is 0 Å². The number of esters is 1. The Hall–Kier alpha value is -2.17. The molecule has 0 aliphatic carbocycles. The summed E-state index contributed by atoms with van der Waals surface area (Å²) < 4.78 is 4.53. The first-order chi connectivity index (χ1) is 7.22. The van der Waals surface area contributed by atoms with E-state index in [-0.39, 0.29) is 11.3 Å². The standard InChI is InChI=1S/C10H8N2O3/c1-15-10(14)8-4-6-2-3-11-9(13)7(6)5-12-8/h2-5H,1H3,(H,11,13). The van der Waals surface area contributed by atoms with E-state index in [9.17, 15) is 9.59 Å². The van der Waals surface area contributed by atoms with Crippen LogP contribution in [-0.4, -0.2) is 23.0 Å². The number of hydrogen-bond acceptors (Lipinski definition) is 4. The van der Waals surface area contributed by atoms with E-state index in [2.05, 4.69) is 14.7 Å². The topological polar surface area (TPSA) is 72.1 Å². The van der Waals surface area contributed by atoms with Crippen LogP contribution in [0.5, 0.6) is 0 Å². The highest BCUT2D eigenvalue weighted by molar-refractivity contribution is 5.92. The number of H-pyrrole nitrogens is 1. The van der Waals surface area contributed by atoms with E-state index >= 15 is 0 Å². The summed E-state index contributed by atoms with van der Waals surface area (Å²) in [6.07, 6.45) is 2.88. The maximum Gasteiger partial charge on any atom is 0.356 e. The van der Waals surface area contributed by atoms with Crippen LogP contribution in [0.4, 0.5) is 0 Å². The van der Waals surface area contributed by atoms with Crippen LogP contribution in [0, 0.1) is 0 Å². The predicted octanol–water partition coefficient (Wildman–Crippen LogP) is 0.710. The van der Waals surface area contributed by atoms with Gasteiger partial charge in [0.05, 0.1) is 12.5 Å². The molecule has 2 rings (SSSR count). The molecule has 0 spiro atoms. The fraction of sp³-hybridized carbons (Fsp3) is 0.100. The predicted molar refractivity (Wildman–Crippen MR) is 53.7 cm³/mol. The highest BCUT2D eigenvalue weighted by Crippen LogP contribution is 2.09. The molecule has 2 aromatic heterocycles. The van der Waals surface area contributed by atoms with Crippen molar-refractivity contribution in [2.24, 2.45) is 0 Å². The molecule has 0 aromatic carbocycles. The molecule has 0 saturated heterocycles. The van der Waals surface area contributed by atoms with Crippen molar-refractivity contribution < 1.29 is 9.53 Å². The Morgan fingerprint density at radius 3 is 3.07 bits per heavy atom. The molecule has 5 heteroatoms. The van der Waals surface area contributed by atoms with Gasteiger partial charge in [-0.25, -0.2) is 9.78 Å². The fourth-order valence-corrected chi connectivity index (χ4v) is 1.30. The zero-order valence-electron chi connectivity index (χ0n) is 7.98. The van der Waals surface area contributed by atoms with Gasteiger partial charge in [0.2, 0.25) is 0 Å². The van der Waals surface area contributed by atoms with Gasteiger partial charge in [0.1, 0.15) is 5.69 Å². The van der Waals surface area contributed by atoms with Crippen LogP contribution >= 0.6 is 0 Å². The Balaban J connectivity index is 2.67. The van der Waals surface area contributed by atoms with Gasteiger partial charge in [-0.2, -0.15) is 0 Å². The average molecular weight is 204 g/mol. The Kier molecular flexibility index (Phi) is 2.21. The summed E-state index contributed by atoms with van der Waals surface area (Å²) >= 11 is 0. The molecule has 2 aromatic rings. The van der Waals surface area contributed by atoms with Crippen molar-refractivity contribution >= 4 is 16.7 Å². The van der Waals surface area contributed by atoms with E-state index in [1.54, 1.807) is 6.07 Å². The second-order valence-electron chi connectivity index (χ2n) is 2.96. The molecule has 0 amide bonds. The van der Waals surface area contributed by atoms with E-state index in [1.165, 1.54) is 25.6 Å². The van der Waals surface area contributed by atoms with Crippen LogP contribution in [-0.2, 0) is 4.74 Å². The molecular weight excluding hydrogens is 196 g/mol. The highest BCUT2D eigenvalue weighted by Gasteiger charge is 2.08. The minimum atomic E-state index is -0.516. The third kappa shape index (κ3) is 1.59. The number of rotatable bonds is 1. The lowest BCUT2D eigenvalue weighted by Gasteiger charge is -1.99. The molecule has 5 nitrogen and oxygen atoms in total. The Bertz CT molecular complexity index is 574. The number of carbonyl (C=O) groups excluding carboxylic acids is 1. The molecule has 0 unspecified atom stereocenters. The molecule has 0 fully saturated rings. The number of methoxy groups -OCH3 is 1. The summed E-state index contributed by atoms with van der Waals surface area (Å²) in [5.41, 5.74) is -0.0352. The summed E-state index contributed by atoms with van der Waals surface area (Å²) in [6.45, 7) is 0. The molecule has 0 aliphatic rings. The molecule has 0 saturated carbocycles. The number of pyridine rings is 2. The van der Waals surface area contributed by atoms with E-state index in [4.69, 9.17) is 0 Å². The molecule has 0 aliphatic heterocycles. The number of aromatic nitrogens is 2. The molecule has 0 atom stereocenters. The van der Waals surface area contributed by atoms with Crippen molar-refractivity contribution in [3.05, 3.63) is 40.6 Å². The van der Waals surface area contributed by atoms with Gasteiger partial charge in [-0.1, -0.05) is 0 Å². The molecule has 0 radical (unpaired) electrons. The van der Waals surface area contributed by atoms with Crippen LogP contribution in [0.3, 0.4) is 0 Å². The fourth-order valence-electron chi connectivity index (χ4n) is 1.30. The van der Waals surface area contributed by atoms with Gasteiger partial charge in [0.25, 0.3) is 5.56 Å². The lowest BCUT2D eigenvalue weighted by Crippen LogP contribution is -2.08. The Labute approximate surface area is 84.7 Å². The molecule has 1 N–H and O–H groups in total. The molecule has 15 heavy (non-hydrogen) atoms.